The fraction of sp³-hybridized carbons (Fsp3) is 0.615. The third kappa shape index (κ3) is 2.94. The Balaban J connectivity index is 2.09. The lowest BCUT2D eigenvalue weighted by Crippen LogP contribution is -2.37. The Bertz CT molecular complexity index is 464. The Morgan fingerprint density at radius 2 is 2.37 bits per heavy atom. The molecule has 0 bridgehead atoms. The van der Waals surface area contributed by atoms with Crippen molar-refractivity contribution in [2.75, 3.05) is 29.9 Å². The van der Waals surface area contributed by atoms with Crippen molar-refractivity contribution in [1.29, 1.82) is 0 Å². The van der Waals surface area contributed by atoms with E-state index in [0.29, 0.717) is 6.54 Å². The standard InChI is InChI=1S/C13H21N5O/c1-3-5-15-10-7-11(17-9-16-10)18-6-4-13(2,8-18)12(14)19/h7,9H,3-6,8H2,1-2H3,(H2,14,19)(H,15,16,17). The Kier molecular flexibility index (Phi) is 3.87. The van der Waals surface area contributed by atoms with E-state index in [0.717, 1.165) is 37.6 Å². The van der Waals surface area contributed by atoms with E-state index in [4.69, 9.17) is 5.73 Å². The maximum atomic E-state index is 11.5. The van der Waals surface area contributed by atoms with Gasteiger partial charge in [-0.05, 0) is 19.8 Å². The zero-order valence-corrected chi connectivity index (χ0v) is 11.5. The second-order valence-electron chi connectivity index (χ2n) is 5.28. The Hall–Kier alpha value is -1.85. The average Bonchev–Trinajstić information content (AvgIpc) is 2.81. The van der Waals surface area contributed by atoms with Gasteiger partial charge >= 0.3 is 0 Å². The fourth-order valence-electron chi connectivity index (χ4n) is 2.23. The monoisotopic (exact) mass is 263 g/mol. The number of nitrogens with one attached hydrogen (secondary N) is 1. The number of hydrogen-bond acceptors (Lipinski definition) is 5. The van der Waals surface area contributed by atoms with Crippen molar-refractivity contribution < 1.29 is 4.79 Å². The molecule has 0 aliphatic carbocycles. The van der Waals surface area contributed by atoms with E-state index in [1.165, 1.54) is 0 Å². The van der Waals surface area contributed by atoms with Crippen molar-refractivity contribution >= 4 is 17.5 Å². The van der Waals surface area contributed by atoms with Crippen LogP contribution in [0.15, 0.2) is 12.4 Å². The lowest BCUT2D eigenvalue weighted by atomic mass is 9.89. The summed E-state index contributed by atoms with van der Waals surface area (Å²) in [5.74, 6) is 1.42. The first-order valence-corrected chi connectivity index (χ1v) is 6.66. The van der Waals surface area contributed by atoms with Crippen LogP contribution >= 0.6 is 0 Å². The van der Waals surface area contributed by atoms with E-state index in [-0.39, 0.29) is 5.91 Å². The van der Waals surface area contributed by atoms with Gasteiger partial charge in [-0.25, -0.2) is 9.97 Å². The molecule has 2 heterocycles. The number of anilines is 2. The fourth-order valence-corrected chi connectivity index (χ4v) is 2.23. The number of rotatable bonds is 5. The van der Waals surface area contributed by atoms with Crippen LogP contribution in [0.2, 0.25) is 0 Å². The van der Waals surface area contributed by atoms with Crippen LogP contribution in [0.1, 0.15) is 26.7 Å². The number of nitrogens with two attached hydrogens (primary N) is 1. The van der Waals surface area contributed by atoms with Crippen LogP contribution in [0.4, 0.5) is 11.6 Å². The molecule has 1 aromatic heterocycles. The summed E-state index contributed by atoms with van der Waals surface area (Å²) in [5, 5.41) is 3.23. The Morgan fingerprint density at radius 3 is 3.00 bits per heavy atom. The van der Waals surface area contributed by atoms with E-state index < -0.39 is 5.41 Å². The molecular weight excluding hydrogens is 242 g/mol. The highest BCUT2D eigenvalue weighted by Crippen LogP contribution is 2.32. The minimum atomic E-state index is -0.456. The normalized spacial score (nSPS) is 22.5. The molecule has 104 valence electrons. The maximum absolute atomic E-state index is 11.5. The van der Waals surface area contributed by atoms with Gasteiger partial charge in [0.2, 0.25) is 5.91 Å². The van der Waals surface area contributed by atoms with E-state index in [1.807, 2.05) is 13.0 Å². The number of primary amides is 1. The third-order valence-corrected chi connectivity index (χ3v) is 3.60. The number of nitrogens with zero attached hydrogens (tertiary/aromatic N) is 3. The van der Waals surface area contributed by atoms with Crippen LogP contribution < -0.4 is 16.0 Å². The maximum Gasteiger partial charge on any atom is 0.225 e. The Morgan fingerprint density at radius 1 is 1.58 bits per heavy atom. The number of hydrogen-bond donors (Lipinski definition) is 2. The largest absolute Gasteiger partial charge is 0.370 e. The zero-order valence-electron chi connectivity index (χ0n) is 11.5. The van der Waals surface area contributed by atoms with Crippen LogP contribution in [-0.4, -0.2) is 35.5 Å². The van der Waals surface area contributed by atoms with Gasteiger partial charge in [-0.15, -0.1) is 0 Å². The number of carbonyl (C=O) groups excluding carboxylic acids is 1. The van der Waals surface area contributed by atoms with Crippen LogP contribution in [0.3, 0.4) is 0 Å². The van der Waals surface area contributed by atoms with Crippen molar-refractivity contribution in [2.45, 2.75) is 26.7 Å². The molecule has 1 aromatic rings. The molecule has 1 amide bonds. The molecule has 19 heavy (non-hydrogen) atoms. The second kappa shape index (κ2) is 5.42. The zero-order chi connectivity index (χ0) is 13.9. The van der Waals surface area contributed by atoms with Crippen molar-refractivity contribution in [1.82, 2.24) is 9.97 Å². The lowest BCUT2D eigenvalue weighted by molar-refractivity contribution is -0.125. The summed E-state index contributed by atoms with van der Waals surface area (Å²) in [5.41, 5.74) is 5.00. The predicted molar refractivity (Wildman–Crippen MR) is 74.9 cm³/mol. The second-order valence-corrected chi connectivity index (χ2v) is 5.28. The van der Waals surface area contributed by atoms with Gasteiger partial charge in [0.25, 0.3) is 0 Å². The van der Waals surface area contributed by atoms with Crippen molar-refractivity contribution in [3.05, 3.63) is 12.4 Å². The van der Waals surface area contributed by atoms with Gasteiger partial charge in [-0.3, -0.25) is 4.79 Å². The number of aromatic nitrogens is 2. The van der Waals surface area contributed by atoms with E-state index >= 15 is 0 Å². The topological polar surface area (TPSA) is 84.1 Å². The van der Waals surface area contributed by atoms with Crippen LogP contribution in [-0.2, 0) is 4.79 Å². The predicted octanol–water partition coefficient (Wildman–Crippen LogP) is 1.00. The molecule has 1 aliphatic rings. The smallest absolute Gasteiger partial charge is 0.225 e. The summed E-state index contributed by atoms with van der Waals surface area (Å²) in [6, 6.07) is 1.92. The summed E-state index contributed by atoms with van der Waals surface area (Å²) >= 11 is 0. The summed E-state index contributed by atoms with van der Waals surface area (Å²) in [7, 11) is 0. The molecule has 1 fully saturated rings. The van der Waals surface area contributed by atoms with Crippen molar-refractivity contribution in [3.8, 4) is 0 Å². The molecule has 0 radical (unpaired) electrons. The summed E-state index contributed by atoms with van der Waals surface area (Å²) in [4.78, 5) is 22.0. The van der Waals surface area contributed by atoms with Gasteiger partial charge in [-0.2, -0.15) is 0 Å². The molecule has 3 N–H and O–H groups in total. The van der Waals surface area contributed by atoms with Crippen LogP contribution in [0, 0.1) is 5.41 Å². The molecule has 0 saturated carbocycles. The molecule has 0 spiro atoms. The molecule has 6 heteroatoms. The van der Waals surface area contributed by atoms with Gasteiger partial charge < -0.3 is 16.0 Å². The van der Waals surface area contributed by atoms with E-state index in [2.05, 4.69) is 27.1 Å². The van der Waals surface area contributed by atoms with Crippen LogP contribution in [0.5, 0.6) is 0 Å². The highest BCUT2D eigenvalue weighted by molar-refractivity contribution is 5.82. The molecule has 1 saturated heterocycles. The molecule has 1 aliphatic heterocycles. The van der Waals surface area contributed by atoms with Gasteiger partial charge in [0.15, 0.2) is 0 Å². The minimum Gasteiger partial charge on any atom is -0.370 e. The van der Waals surface area contributed by atoms with E-state index in [1.54, 1.807) is 6.33 Å². The number of amides is 1. The minimum absolute atomic E-state index is 0.242. The van der Waals surface area contributed by atoms with Gasteiger partial charge in [0.1, 0.15) is 18.0 Å². The van der Waals surface area contributed by atoms with Gasteiger partial charge in [-0.1, -0.05) is 6.92 Å². The molecule has 1 atom stereocenters. The third-order valence-electron chi connectivity index (χ3n) is 3.60. The first-order valence-electron chi connectivity index (χ1n) is 6.66. The van der Waals surface area contributed by atoms with Crippen LogP contribution in [0.25, 0.3) is 0 Å². The van der Waals surface area contributed by atoms with Crippen molar-refractivity contribution in [2.24, 2.45) is 11.1 Å². The first kappa shape index (κ1) is 13.6. The van der Waals surface area contributed by atoms with Gasteiger partial charge in [0, 0.05) is 25.7 Å². The number of carbonyl (C=O) groups is 1. The van der Waals surface area contributed by atoms with Gasteiger partial charge in [0.05, 0.1) is 5.41 Å². The first-order chi connectivity index (χ1) is 9.05. The lowest BCUT2D eigenvalue weighted by Gasteiger charge is -2.21. The quantitative estimate of drug-likeness (QED) is 0.828. The summed E-state index contributed by atoms with van der Waals surface area (Å²) in [6.45, 7) is 6.31. The summed E-state index contributed by atoms with van der Waals surface area (Å²) in [6.07, 6.45) is 3.36. The highest BCUT2D eigenvalue weighted by Gasteiger charge is 2.39. The van der Waals surface area contributed by atoms with E-state index in [9.17, 15) is 4.79 Å². The summed E-state index contributed by atoms with van der Waals surface area (Å²) < 4.78 is 0. The van der Waals surface area contributed by atoms with Crippen molar-refractivity contribution in [3.63, 3.8) is 0 Å². The Labute approximate surface area is 113 Å². The average molecular weight is 263 g/mol. The SMILES string of the molecule is CCCNc1cc(N2CCC(C)(C(N)=O)C2)ncn1. The molecule has 6 nitrogen and oxygen atoms in total. The highest BCUT2D eigenvalue weighted by atomic mass is 16.1. The molecule has 0 aromatic carbocycles. The molecule has 1 unspecified atom stereocenters. The molecule has 2 rings (SSSR count). The molecular formula is C13H21N5O.